The summed E-state index contributed by atoms with van der Waals surface area (Å²) in [6.07, 6.45) is 0.283. The summed E-state index contributed by atoms with van der Waals surface area (Å²) in [6, 6.07) is 23.6. The highest BCUT2D eigenvalue weighted by Gasteiger charge is 2.33. The number of aryl methyl sites for hydroxylation is 1. The van der Waals surface area contributed by atoms with Crippen molar-refractivity contribution in [3.8, 4) is 0 Å². The molecule has 182 valence electrons. The molecule has 35 heavy (non-hydrogen) atoms. The molecule has 3 aromatic carbocycles. The highest BCUT2D eigenvalue weighted by atomic mass is 32.2. The van der Waals surface area contributed by atoms with E-state index in [1.54, 1.807) is 11.8 Å². The van der Waals surface area contributed by atoms with Crippen LogP contribution in [0.4, 0.5) is 5.69 Å². The molecule has 9 heteroatoms. The molecule has 3 aromatic rings. The normalized spacial score (nSPS) is 14.7. The minimum atomic E-state index is -3.92. The lowest BCUT2D eigenvalue weighted by Crippen LogP contribution is -2.50. The lowest BCUT2D eigenvalue weighted by Gasteiger charge is -2.35. The first-order valence-corrected chi connectivity index (χ1v) is 12.8. The predicted octanol–water partition coefficient (Wildman–Crippen LogP) is 3.96. The molecular weight excluding hydrogens is 466 g/mol. The number of nitrogens with zero attached hydrogens (tertiary/aromatic N) is 3. The van der Waals surface area contributed by atoms with Gasteiger partial charge in [0.05, 0.1) is 9.82 Å². The van der Waals surface area contributed by atoms with Crippen molar-refractivity contribution in [1.29, 1.82) is 0 Å². The van der Waals surface area contributed by atoms with Crippen molar-refractivity contribution < 1.29 is 18.1 Å². The number of benzene rings is 3. The van der Waals surface area contributed by atoms with Crippen LogP contribution in [0.2, 0.25) is 0 Å². The van der Waals surface area contributed by atoms with Gasteiger partial charge in [-0.1, -0.05) is 66.7 Å². The Morgan fingerprint density at radius 1 is 0.914 bits per heavy atom. The van der Waals surface area contributed by atoms with E-state index in [4.69, 9.17) is 0 Å². The van der Waals surface area contributed by atoms with Crippen molar-refractivity contribution in [2.75, 3.05) is 26.2 Å². The maximum atomic E-state index is 13.2. The molecule has 0 N–H and O–H groups in total. The molecule has 1 amide bonds. The first-order chi connectivity index (χ1) is 16.8. The summed E-state index contributed by atoms with van der Waals surface area (Å²) in [6.45, 7) is 2.42. The van der Waals surface area contributed by atoms with Crippen LogP contribution >= 0.6 is 0 Å². The van der Waals surface area contributed by atoms with Crippen molar-refractivity contribution in [3.63, 3.8) is 0 Å². The molecule has 0 spiro atoms. The Morgan fingerprint density at radius 3 is 1.97 bits per heavy atom. The highest BCUT2D eigenvalue weighted by molar-refractivity contribution is 7.89. The second-order valence-corrected chi connectivity index (χ2v) is 10.5. The van der Waals surface area contributed by atoms with Gasteiger partial charge >= 0.3 is 0 Å². The van der Waals surface area contributed by atoms with Gasteiger partial charge in [0.15, 0.2) is 0 Å². The maximum absolute atomic E-state index is 13.2. The zero-order chi connectivity index (χ0) is 25.0. The van der Waals surface area contributed by atoms with Gasteiger partial charge in [-0.15, -0.1) is 0 Å². The fourth-order valence-electron chi connectivity index (χ4n) is 4.40. The molecule has 1 aliphatic heterocycles. The van der Waals surface area contributed by atoms with E-state index < -0.39 is 14.9 Å². The summed E-state index contributed by atoms with van der Waals surface area (Å²) >= 11 is 0. The summed E-state index contributed by atoms with van der Waals surface area (Å²) in [5.41, 5.74) is 2.28. The molecule has 0 aliphatic carbocycles. The maximum Gasteiger partial charge on any atom is 0.270 e. The van der Waals surface area contributed by atoms with Crippen molar-refractivity contribution in [1.82, 2.24) is 9.21 Å². The molecule has 1 fully saturated rings. The Balaban J connectivity index is 1.47. The number of sulfonamides is 1. The van der Waals surface area contributed by atoms with Gasteiger partial charge in [0.1, 0.15) is 0 Å². The number of amides is 1. The number of non-ortho nitro benzene ring substituents is 1. The van der Waals surface area contributed by atoms with Gasteiger partial charge < -0.3 is 4.90 Å². The van der Waals surface area contributed by atoms with Gasteiger partial charge in [-0.3, -0.25) is 14.9 Å². The Kier molecular flexibility index (Phi) is 7.28. The van der Waals surface area contributed by atoms with E-state index in [-0.39, 0.29) is 55.0 Å². The standard InChI is InChI=1S/C26H27N3O5S/c1-20-12-13-23(29(31)32)18-25(20)35(33,34)28-16-14-27(15-17-28)26(30)19-24(21-8-4-2-5-9-21)22-10-6-3-7-11-22/h2-13,18,24H,14-17,19H2,1H3. The van der Waals surface area contributed by atoms with Gasteiger partial charge in [-0.25, -0.2) is 8.42 Å². The number of carbonyl (C=O) groups is 1. The van der Waals surface area contributed by atoms with Gasteiger partial charge in [0.2, 0.25) is 15.9 Å². The Hall–Kier alpha value is -3.56. The average molecular weight is 494 g/mol. The first-order valence-electron chi connectivity index (χ1n) is 11.4. The van der Waals surface area contributed by atoms with E-state index in [2.05, 4.69) is 0 Å². The van der Waals surface area contributed by atoms with Crippen LogP contribution in [0.1, 0.15) is 29.0 Å². The van der Waals surface area contributed by atoms with E-state index in [9.17, 15) is 23.3 Å². The minimum absolute atomic E-state index is 0.0358. The van der Waals surface area contributed by atoms with Crippen molar-refractivity contribution in [2.24, 2.45) is 0 Å². The largest absolute Gasteiger partial charge is 0.340 e. The quantitative estimate of drug-likeness (QED) is 0.366. The van der Waals surface area contributed by atoms with Crippen LogP contribution in [0.25, 0.3) is 0 Å². The van der Waals surface area contributed by atoms with Crippen LogP contribution in [0.5, 0.6) is 0 Å². The van der Waals surface area contributed by atoms with Gasteiger partial charge in [0, 0.05) is 50.7 Å². The van der Waals surface area contributed by atoms with E-state index in [0.29, 0.717) is 5.56 Å². The van der Waals surface area contributed by atoms with E-state index in [1.165, 1.54) is 16.4 Å². The van der Waals surface area contributed by atoms with Crippen molar-refractivity contribution in [3.05, 3.63) is 106 Å². The predicted molar refractivity (Wildman–Crippen MR) is 133 cm³/mol. The van der Waals surface area contributed by atoms with Crippen LogP contribution in [0.3, 0.4) is 0 Å². The molecule has 1 aliphatic rings. The third kappa shape index (κ3) is 5.41. The number of hydrogen-bond donors (Lipinski definition) is 0. The molecule has 1 heterocycles. The second kappa shape index (κ2) is 10.4. The third-order valence-corrected chi connectivity index (χ3v) is 8.41. The van der Waals surface area contributed by atoms with E-state index >= 15 is 0 Å². The number of nitro groups is 1. The molecule has 0 saturated carbocycles. The molecular formula is C26H27N3O5S. The molecule has 4 rings (SSSR count). The number of nitro benzene ring substituents is 1. The zero-order valence-electron chi connectivity index (χ0n) is 19.4. The number of hydrogen-bond acceptors (Lipinski definition) is 5. The topological polar surface area (TPSA) is 101 Å². The summed E-state index contributed by atoms with van der Waals surface area (Å²) in [5, 5.41) is 11.1. The van der Waals surface area contributed by atoms with Crippen molar-refractivity contribution in [2.45, 2.75) is 24.2 Å². The third-order valence-electron chi connectivity index (χ3n) is 6.37. The summed E-state index contributed by atoms with van der Waals surface area (Å²) in [7, 11) is -3.92. The molecule has 0 bridgehead atoms. The van der Waals surface area contributed by atoms with Gasteiger partial charge in [-0.2, -0.15) is 4.31 Å². The molecule has 1 saturated heterocycles. The fraction of sp³-hybridized carbons (Fsp3) is 0.269. The Labute approximate surface area is 205 Å². The number of carbonyl (C=O) groups excluding carboxylic acids is 1. The highest BCUT2D eigenvalue weighted by Crippen LogP contribution is 2.30. The molecule has 0 unspecified atom stereocenters. The second-order valence-electron chi connectivity index (χ2n) is 8.57. The molecule has 0 atom stereocenters. The minimum Gasteiger partial charge on any atom is -0.340 e. The van der Waals surface area contributed by atoms with Crippen LogP contribution in [0, 0.1) is 17.0 Å². The summed E-state index contributed by atoms with van der Waals surface area (Å²) < 4.78 is 27.7. The SMILES string of the molecule is Cc1ccc([N+](=O)[O-])cc1S(=O)(=O)N1CCN(C(=O)CC(c2ccccc2)c2ccccc2)CC1. The monoisotopic (exact) mass is 493 g/mol. The fourth-order valence-corrected chi connectivity index (χ4v) is 6.07. The number of rotatable bonds is 7. The van der Waals surface area contributed by atoms with Crippen molar-refractivity contribution >= 4 is 21.6 Å². The summed E-state index contributed by atoms with van der Waals surface area (Å²) in [4.78, 5) is 25.4. The van der Waals surface area contributed by atoms with Gasteiger partial charge in [0.25, 0.3) is 5.69 Å². The summed E-state index contributed by atoms with van der Waals surface area (Å²) in [5.74, 6) is -0.134. The Morgan fingerprint density at radius 2 is 1.46 bits per heavy atom. The lowest BCUT2D eigenvalue weighted by molar-refractivity contribution is -0.385. The Bertz CT molecular complexity index is 1270. The van der Waals surface area contributed by atoms with Crippen LogP contribution in [0.15, 0.2) is 83.8 Å². The smallest absolute Gasteiger partial charge is 0.270 e. The zero-order valence-corrected chi connectivity index (χ0v) is 20.2. The first kappa shape index (κ1) is 24.6. The van der Waals surface area contributed by atoms with E-state index in [0.717, 1.165) is 17.2 Å². The van der Waals surface area contributed by atoms with Crippen LogP contribution in [-0.4, -0.2) is 54.6 Å². The molecule has 8 nitrogen and oxygen atoms in total. The molecule has 0 radical (unpaired) electrons. The number of piperazine rings is 1. The van der Waals surface area contributed by atoms with Crippen LogP contribution < -0.4 is 0 Å². The van der Waals surface area contributed by atoms with E-state index in [1.807, 2.05) is 60.7 Å². The van der Waals surface area contributed by atoms with Crippen LogP contribution in [-0.2, 0) is 14.8 Å². The lowest BCUT2D eigenvalue weighted by atomic mass is 9.88. The molecule has 0 aromatic heterocycles. The average Bonchev–Trinajstić information content (AvgIpc) is 2.88. The van der Waals surface area contributed by atoms with Gasteiger partial charge in [-0.05, 0) is 23.6 Å².